The number of hydrogen-bond acceptors (Lipinski definition) is 4. The molecule has 0 bridgehead atoms. The molecule has 1 aromatic carbocycles. The third kappa shape index (κ3) is 3.90. The average Bonchev–Trinajstić information content (AvgIpc) is 2.84. The van der Waals surface area contributed by atoms with Crippen LogP contribution in [0, 0.1) is 11.3 Å². The minimum absolute atomic E-state index is 0.204. The minimum Gasteiger partial charge on any atom is -0.207 e. The van der Waals surface area contributed by atoms with Crippen molar-refractivity contribution in [1.29, 1.82) is 5.26 Å². The molecular weight excluding hydrogens is 360 g/mol. The first-order valence-electron chi connectivity index (χ1n) is 5.70. The van der Waals surface area contributed by atoms with Gasteiger partial charge in [0, 0.05) is 21.3 Å². The molecule has 4 nitrogen and oxygen atoms in total. The first kappa shape index (κ1) is 15.2. The third-order valence-electron chi connectivity index (χ3n) is 2.58. The van der Waals surface area contributed by atoms with Crippen LogP contribution < -0.4 is 4.72 Å². The van der Waals surface area contributed by atoms with Crippen LogP contribution in [0.25, 0.3) is 0 Å². The second-order valence-corrected chi connectivity index (χ2v) is 7.71. The average molecular weight is 371 g/mol. The highest BCUT2D eigenvalue weighted by atomic mass is 79.9. The molecule has 0 saturated carbocycles. The van der Waals surface area contributed by atoms with E-state index in [1.165, 1.54) is 23.5 Å². The summed E-state index contributed by atoms with van der Waals surface area (Å²) in [5.41, 5.74) is 0.800. The Labute approximate surface area is 130 Å². The maximum atomic E-state index is 12.1. The van der Waals surface area contributed by atoms with Crippen molar-refractivity contribution in [2.75, 3.05) is 0 Å². The molecule has 7 heteroatoms. The normalized spacial score (nSPS) is 11.2. The van der Waals surface area contributed by atoms with Crippen LogP contribution in [-0.4, -0.2) is 8.42 Å². The summed E-state index contributed by atoms with van der Waals surface area (Å²) in [5.74, 6) is 0. The molecule has 0 aliphatic heterocycles. The highest BCUT2D eigenvalue weighted by molar-refractivity contribution is 9.10. The van der Waals surface area contributed by atoms with Crippen molar-refractivity contribution in [3.8, 4) is 6.07 Å². The smallest absolute Gasteiger partial charge is 0.207 e. The number of hydrogen-bond donors (Lipinski definition) is 1. The molecule has 1 aromatic heterocycles. The number of nitrogens with zero attached hydrogens (tertiary/aromatic N) is 1. The molecule has 1 N–H and O–H groups in total. The lowest BCUT2D eigenvalue weighted by Gasteiger charge is -2.06. The summed E-state index contributed by atoms with van der Waals surface area (Å²) < 4.78 is 27.7. The lowest BCUT2D eigenvalue weighted by Crippen LogP contribution is -2.22. The maximum Gasteiger partial charge on any atom is 0.240 e. The summed E-state index contributed by atoms with van der Waals surface area (Å²) in [4.78, 5) is 1.14. The Morgan fingerprint density at radius 3 is 2.55 bits per heavy atom. The summed E-state index contributed by atoms with van der Waals surface area (Å²) in [6.45, 7) is 0.262. The number of halogens is 1. The van der Waals surface area contributed by atoms with Crippen molar-refractivity contribution < 1.29 is 8.42 Å². The van der Waals surface area contributed by atoms with E-state index in [4.69, 9.17) is 5.26 Å². The van der Waals surface area contributed by atoms with E-state index in [0.29, 0.717) is 0 Å². The van der Waals surface area contributed by atoms with Crippen molar-refractivity contribution in [3.05, 3.63) is 50.6 Å². The first-order chi connectivity index (χ1) is 9.51. The van der Waals surface area contributed by atoms with E-state index in [1.807, 2.05) is 17.5 Å². The molecule has 0 aliphatic rings. The van der Waals surface area contributed by atoms with Crippen molar-refractivity contribution in [2.45, 2.75) is 17.9 Å². The standard InChI is InChI=1S/C13H11BrN2O2S2/c14-11-7-12(19-9-11)8-16-20(17,18)13-3-1-10(2-4-13)5-6-15/h1-4,7,9,16H,5,8H2. The van der Waals surface area contributed by atoms with Crippen molar-refractivity contribution in [2.24, 2.45) is 0 Å². The molecule has 0 saturated heterocycles. The zero-order valence-electron chi connectivity index (χ0n) is 10.3. The highest BCUT2D eigenvalue weighted by Crippen LogP contribution is 2.20. The molecule has 2 rings (SSSR count). The van der Waals surface area contributed by atoms with Gasteiger partial charge in [0.25, 0.3) is 0 Å². The van der Waals surface area contributed by atoms with E-state index in [9.17, 15) is 8.42 Å². The maximum absolute atomic E-state index is 12.1. The van der Waals surface area contributed by atoms with Crippen LogP contribution in [0.1, 0.15) is 10.4 Å². The van der Waals surface area contributed by atoms with Gasteiger partial charge >= 0.3 is 0 Å². The molecule has 0 amide bonds. The molecule has 20 heavy (non-hydrogen) atoms. The second kappa shape index (κ2) is 6.50. The Balaban J connectivity index is 2.08. The number of rotatable bonds is 5. The second-order valence-electron chi connectivity index (χ2n) is 4.03. The Hall–Kier alpha value is -1.20. The third-order valence-corrected chi connectivity index (χ3v) is 5.69. The lowest BCUT2D eigenvalue weighted by molar-refractivity contribution is 0.582. The molecule has 0 radical (unpaired) electrons. The van der Waals surface area contributed by atoms with Gasteiger partial charge in [-0.2, -0.15) is 5.26 Å². The van der Waals surface area contributed by atoms with Gasteiger partial charge in [-0.05, 0) is 39.7 Å². The van der Waals surface area contributed by atoms with Gasteiger partial charge in [-0.25, -0.2) is 13.1 Å². The van der Waals surface area contributed by atoms with Crippen LogP contribution in [0.4, 0.5) is 0 Å². The summed E-state index contributed by atoms with van der Waals surface area (Å²) in [6, 6.07) is 10.2. The first-order valence-corrected chi connectivity index (χ1v) is 8.85. The fourth-order valence-electron chi connectivity index (χ4n) is 1.57. The molecule has 0 unspecified atom stereocenters. The summed E-state index contributed by atoms with van der Waals surface area (Å²) >= 11 is 4.81. The number of nitrogens with one attached hydrogen (secondary N) is 1. The zero-order chi connectivity index (χ0) is 14.6. The predicted octanol–water partition coefficient (Wildman–Crippen LogP) is 3.06. The molecule has 1 heterocycles. The van der Waals surface area contributed by atoms with Gasteiger partial charge in [0.15, 0.2) is 0 Å². The number of benzene rings is 1. The Morgan fingerprint density at radius 2 is 2.00 bits per heavy atom. The molecule has 104 valence electrons. The molecule has 0 fully saturated rings. The van der Waals surface area contributed by atoms with Crippen LogP contribution in [-0.2, 0) is 23.0 Å². The van der Waals surface area contributed by atoms with Gasteiger partial charge < -0.3 is 0 Å². The molecular formula is C13H11BrN2O2S2. The zero-order valence-corrected chi connectivity index (χ0v) is 13.6. The van der Waals surface area contributed by atoms with Gasteiger partial charge in [-0.15, -0.1) is 11.3 Å². The monoisotopic (exact) mass is 370 g/mol. The Kier molecular flexibility index (Phi) is 4.94. The van der Waals surface area contributed by atoms with E-state index in [0.717, 1.165) is 14.9 Å². The van der Waals surface area contributed by atoms with Crippen LogP contribution >= 0.6 is 27.3 Å². The van der Waals surface area contributed by atoms with Crippen molar-refractivity contribution >= 4 is 37.3 Å². The van der Waals surface area contributed by atoms with E-state index in [-0.39, 0.29) is 17.9 Å². The van der Waals surface area contributed by atoms with E-state index in [1.54, 1.807) is 12.1 Å². The Morgan fingerprint density at radius 1 is 1.30 bits per heavy atom. The van der Waals surface area contributed by atoms with E-state index >= 15 is 0 Å². The summed E-state index contributed by atoms with van der Waals surface area (Å²) in [7, 11) is -3.52. The molecule has 0 aliphatic carbocycles. The van der Waals surface area contributed by atoms with Gasteiger partial charge in [-0.1, -0.05) is 12.1 Å². The lowest BCUT2D eigenvalue weighted by atomic mass is 10.2. The summed E-state index contributed by atoms with van der Waals surface area (Å²) in [6.07, 6.45) is 0.275. The van der Waals surface area contributed by atoms with E-state index < -0.39 is 10.0 Å². The van der Waals surface area contributed by atoms with Crippen LogP contribution in [0.2, 0.25) is 0 Å². The van der Waals surface area contributed by atoms with Crippen molar-refractivity contribution in [1.82, 2.24) is 4.72 Å². The topological polar surface area (TPSA) is 70.0 Å². The molecule has 0 atom stereocenters. The van der Waals surface area contributed by atoms with Crippen LogP contribution in [0.5, 0.6) is 0 Å². The van der Waals surface area contributed by atoms with Gasteiger partial charge in [0.1, 0.15) is 0 Å². The fourth-order valence-corrected chi connectivity index (χ4v) is 4.06. The number of thiophene rings is 1. The van der Waals surface area contributed by atoms with Gasteiger partial charge in [0.05, 0.1) is 17.4 Å². The van der Waals surface area contributed by atoms with Crippen molar-refractivity contribution in [3.63, 3.8) is 0 Å². The molecule has 2 aromatic rings. The van der Waals surface area contributed by atoms with E-state index in [2.05, 4.69) is 20.7 Å². The molecule has 0 spiro atoms. The number of sulfonamides is 1. The van der Waals surface area contributed by atoms with Crippen LogP contribution in [0.15, 0.2) is 45.1 Å². The van der Waals surface area contributed by atoms with Gasteiger partial charge in [0.2, 0.25) is 10.0 Å². The predicted molar refractivity (Wildman–Crippen MR) is 81.8 cm³/mol. The SMILES string of the molecule is N#CCc1ccc(S(=O)(=O)NCc2cc(Br)cs2)cc1. The highest BCUT2D eigenvalue weighted by Gasteiger charge is 2.13. The Bertz CT molecular complexity index is 730. The summed E-state index contributed by atoms with van der Waals surface area (Å²) in [5, 5.41) is 10.5. The number of nitriles is 1. The largest absolute Gasteiger partial charge is 0.240 e. The van der Waals surface area contributed by atoms with Crippen LogP contribution in [0.3, 0.4) is 0 Å². The fraction of sp³-hybridized carbons (Fsp3) is 0.154. The minimum atomic E-state index is -3.52. The van der Waals surface area contributed by atoms with Gasteiger partial charge in [-0.3, -0.25) is 0 Å². The quantitative estimate of drug-likeness (QED) is 0.878.